The molecule has 0 radical (unpaired) electrons. The highest BCUT2D eigenvalue weighted by molar-refractivity contribution is 7.85. The summed E-state index contributed by atoms with van der Waals surface area (Å²) < 4.78 is 27.7. The van der Waals surface area contributed by atoms with E-state index in [9.17, 15) is 13.2 Å². The van der Waals surface area contributed by atoms with E-state index < -0.39 is 16.2 Å². The highest BCUT2D eigenvalue weighted by Gasteiger charge is 2.14. The van der Waals surface area contributed by atoms with E-state index in [0.717, 1.165) is 0 Å². The highest BCUT2D eigenvalue weighted by atomic mass is 32.2. The molecule has 0 saturated carbocycles. The van der Waals surface area contributed by atoms with Gasteiger partial charge in [-0.2, -0.15) is 8.42 Å². The summed E-state index contributed by atoms with van der Waals surface area (Å²) in [4.78, 5) is 10.8. The fourth-order valence-corrected chi connectivity index (χ4v) is 1.10. The average Bonchev–Trinajstić information content (AvgIpc) is 2.00. The Labute approximate surface area is 77.3 Å². The zero-order chi connectivity index (χ0) is 10.5. The third kappa shape index (κ3) is 5.15. The van der Waals surface area contributed by atoms with Crippen LogP contribution in [0.1, 0.15) is 6.92 Å². The maximum absolute atomic E-state index is 10.9. The van der Waals surface area contributed by atoms with Gasteiger partial charge < -0.3 is 0 Å². The van der Waals surface area contributed by atoms with Crippen LogP contribution in [-0.2, 0) is 19.3 Å². The van der Waals surface area contributed by atoms with Gasteiger partial charge in [-0.3, -0.25) is 4.79 Å². The van der Waals surface area contributed by atoms with Crippen molar-refractivity contribution in [1.82, 2.24) is 4.72 Å². The van der Waals surface area contributed by atoms with Gasteiger partial charge in [-0.15, -0.1) is 6.58 Å². The second-order valence-electron chi connectivity index (χ2n) is 2.24. The molecule has 6 heteroatoms. The van der Waals surface area contributed by atoms with E-state index in [2.05, 4.69) is 17.3 Å². The molecule has 1 amide bonds. The molecular weight excluding hydrogens is 194 g/mol. The van der Waals surface area contributed by atoms with Gasteiger partial charge in [-0.1, -0.05) is 12.7 Å². The van der Waals surface area contributed by atoms with Crippen LogP contribution in [0.4, 0.5) is 0 Å². The minimum atomic E-state index is -4.02. The second kappa shape index (κ2) is 4.78. The predicted molar refractivity (Wildman–Crippen MR) is 48.0 cm³/mol. The summed E-state index contributed by atoms with van der Waals surface area (Å²) in [6.07, 6.45) is 1.25. The fraction of sp³-hybridized carbons (Fsp3) is 0.286. The Kier molecular flexibility index (Phi) is 4.36. The Bertz CT molecular complexity index is 317. The molecule has 13 heavy (non-hydrogen) atoms. The zero-order valence-corrected chi connectivity index (χ0v) is 8.06. The number of rotatable bonds is 5. The molecule has 0 saturated heterocycles. The van der Waals surface area contributed by atoms with Crippen molar-refractivity contribution in [1.29, 1.82) is 0 Å². The van der Waals surface area contributed by atoms with Gasteiger partial charge in [0.1, 0.15) is 0 Å². The van der Waals surface area contributed by atoms with Crippen molar-refractivity contribution >= 4 is 16.2 Å². The molecule has 0 atom stereocenters. The summed E-state index contributed by atoms with van der Waals surface area (Å²) >= 11 is 0. The quantitative estimate of drug-likeness (QED) is 0.511. The molecule has 74 valence electrons. The van der Waals surface area contributed by atoms with Crippen LogP contribution in [0.2, 0.25) is 0 Å². The number of hydrogen-bond donors (Lipinski definition) is 1. The van der Waals surface area contributed by atoms with E-state index in [4.69, 9.17) is 0 Å². The highest BCUT2D eigenvalue weighted by Crippen LogP contribution is 1.92. The van der Waals surface area contributed by atoms with Gasteiger partial charge in [-0.05, 0) is 6.92 Å². The van der Waals surface area contributed by atoms with Gasteiger partial charge in [0.25, 0.3) is 5.91 Å². The van der Waals surface area contributed by atoms with E-state index in [0.29, 0.717) is 0 Å². The molecule has 0 aliphatic carbocycles. The predicted octanol–water partition coefficient (Wildman–Crippen LogP) is 0.126. The third-order valence-corrected chi connectivity index (χ3v) is 1.83. The second-order valence-corrected chi connectivity index (χ2v) is 3.59. The van der Waals surface area contributed by atoms with E-state index in [1.54, 1.807) is 4.72 Å². The van der Waals surface area contributed by atoms with Crippen molar-refractivity contribution in [2.45, 2.75) is 6.92 Å². The first-order chi connectivity index (χ1) is 5.89. The number of carbonyl (C=O) groups is 1. The maximum atomic E-state index is 10.9. The van der Waals surface area contributed by atoms with Crippen molar-refractivity contribution in [2.75, 3.05) is 6.61 Å². The first kappa shape index (κ1) is 11.9. The summed E-state index contributed by atoms with van der Waals surface area (Å²) in [7, 11) is -4.02. The number of carbonyl (C=O) groups excluding carboxylic acids is 1. The first-order valence-electron chi connectivity index (χ1n) is 3.37. The molecule has 0 heterocycles. The monoisotopic (exact) mass is 205 g/mol. The molecule has 0 aromatic rings. The summed E-state index contributed by atoms with van der Waals surface area (Å²) in [6, 6.07) is 0. The Hall–Kier alpha value is -1.14. The van der Waals surface area contributed by atoms with Crippen molar-refractivity contribution in [3.63, 3.8) is 0 Å². The van der Waals surface area contributed by atoms with Gasteiger partial charge in [-0.25, -0.2) is 8.91 Å². The standard InChI is InChI=1S/C7H11NO4S/c1-4-5-12-13(10,11)8-7(9)6(2)3/h4H,1-2,5H2,3H3,(H,8,9). The number of nitrogens with one attached hydrogen (secondary N) is 1. The average molecular weight is 205 g/mol. The van der Waals surface area contributed by atoms with Gasteiger partial charge >= 0.3 is 10.3 Å². The lowest BCUT2D eigenvalue weighted by Gasteiger charge is -2.04. The topological polar surface area (TPSA) is 72.5 Å². The van der Waals surface area contributed by atoms with Crippen LogP contribution in [0.15, 0.2) is 24.8 Å². The summed E-state index contributed by atoms with van der Waals surface area (Å²) in [5, 5.41) is 0. The fourth-order valence-electron chi connectivity index (χ4n) is 0.368. The molecule has 0 bridgehead atoms. The molecule has 0 aromatic carbocycles. The SMILES string of the molecule is C=CCOS(=O)(=O)NC(=O)C(=C)C. The van der Waals surface area contributed by atoms with E-state index >= 15 is 0 Å². The smallest absolute Gasteiger partial charge is 0.269 e. The Balaban J connectivity index is 4.26. The van der Waals surface area contributed by atoms with Crippen LogP contribution in [-0.4, -0.2) is 20.9 Å². The van der Waals surface area contributed by atoms with Gasteiger partial charge in [0.2, 0.25) is 0 Å². The summed E-state index contributed by atoms with van der Waals surface area (Å²) in [6.45, 7) is 7.73. The number of amides is 1. The van der Waals surface area contributed by atoms with Gasteiger partial charge in [0.05, 0.1) is 6.61 Å². The molecule has 5 nitrogen and oxygen atoms in total. The van der Waals surface area contributed by atoms with Crippen LogP contribution < -0.4 is 4.72 Å². The molecule has 0 fully saturated rings. The maximum Gasteiger partial charge on any atom is 0.362 e. The van der Waals surface area contributed by atoms with Crippen LogP contribution in [0, 0.1) is 0 Å². The van der Waals surface area contributed by atoms with Gasteiger partial charge in [0.15, 0.2) is 0 Å². The van der Waals surface area contributed by atoms with Crippen LogP contribution >= 0.6 is 0 Å². The molecule has 0 aliphatic heterocycles. The van der Waals surface area contributed by atoms with E-state index in [-0.39, 0.29) is 12.2 Å². The summed E-state index contributed by atoms with van der Waals surface area (Å²) in [5.74, 6) is -0.788. The lowest BCUT2D eigenvalue weighted by atomic mass is 10.3. The molecule has 0 rings (SSSR count). The largest absolute Gasteiger partial charge is 0.362 e. The third-order valence-electron chi connectivity index (χ3n) is 0.946. The molecule has 0 unspecified atom stereocenters. The Morgan fingerprint density at radius 2 is 2.15 bits per heavy atom. The van der Waals surface area contributed by atoms with Gasteiger partial charge in [0, 0.05) is 5.57 Å². The van der Waals surface area contributed by atoms with E-state index in [1.165, 1.54) is 13.0 Å². The minimum absolute atomic E-state index is 0.0887. The minimum Gasteiger partial charge on any atom is -0.269 e. The lowest BCUT2D eigenvalue weighted by molar-refractivity contribution is -0.115. The van der Waals surface area contributed by atoms with Crippen LogP contribution in [0.25, 0.3) is 0 Å². The molecular formula is C7H11NO4S. The van der Waals surface area contributed by atoms with Crippen molar-refractivity contribution in [3.8, 4) is 0 Å². The lowest BCUT2D eigenvalue weighted by Crippen LogP contribution is -2.32. The van der Waals surface area contributed by atoms with Crippen LogP contribution in [0.5, 0.6) is 0 Å². The molecule has 0 aromatic heterocycles. The van der Waals surface area contributed by atoms with Crippen molar-refractivity contribution in [3.05, 3.63) is 24.8 Å². The molecule has 0 spiro atoms. The van der Waals surface area contributed by atoms with Crippen molar-refractivity contribution in [2.24, 2.45) is 0 Å². The van der Waals surface area contributed by atoms with E-state index in [1.807, 2.05) is 0 Å². The number of hydrogen-bond acceptors (Lipinski definition) is 4. The Morgan fingerprint density at radius 3 is 2.54 bits per heavy atom. The molecule has 1 N–H and O–H groups in total. The van der Waals surface area contributed by atoms with Crippen molar-refractivity contribution < 1.29 is 17.4 Å². The molecule has 0 aliphatic rings. The Morgan fingerprint density at radius 1 is 1.62 bits per heavy atom. The zero-order valence-electron chi connectivity index (χ0n) is 7.24. The summed E-state index contributed by atoms with van der Waals surface area (Å²) in [5.41, 5.74) is 0.0887. The normalized spacial score (nSPS) is 10.5. The first-order valence-corrected chi connectivity index (χ1v) is 4.78. The van der Waals surface area contributed by atoms with Crippen LogP contribution in [0.3, 0.4) is 0 Å².